The molecular formula is C11H18N4OS. The maximum Gasteiger partial charge on any atom is 0.238 e. The predicted molar refractivity (Wildman–Crippen MR) is 70.4 cm³/mol. The Morgan fingerprint density at radius 1 is 1.76 bits per heavy atom. The number of amides is 1. The van der Waals surface area contributed by atoms with E-state index >= 15 is 0 Å². The number of nitrogens with zero attached hydrogens (tertiary/aromatic N) is 2. The summed E-state index contributed by atoms with van der Waals surface area (Å²) < 4.78 is 1.93. The summed E-state index contributed by atoms with van der Waals surface area (Å²) in [4.78, 5) is 11.7. The van der Waals surface area contributed by atoms with Crippen LogP contribution in [0.4, 0.5) is 5.82 Å². The molecule has 2 N–H and O–H groups in total. The van der Waals surface area contributed by atoms with Crippen molar-refractivity contribution in [3.05, 3.63) is 12.3 Å². The standard InChI is InChI=1S/C11H18N4OS/c1-8(17-2)11(16)13-10-4-6-15(14-10)9-3-5-12-7-9/h4,6,8-9,12H,3,5,7H2,1-2H3,(H,13,14,16)/t8-,9+/m0/s1. The molecule has 94 valence electrons. The minimum atomic E-state index is -0.0479. The van der Waals surface area contributed by atoms with Crippen LogP contribution in [0.25, 0.3) is 0 Å². The Morgan fingerprint density at radius 2 is 2.59 bits per heavy atom. The molecule has 6 heteroatoms. The number of rotatable bonds is 4. The summed E-state index contributed by atoms with van der Waals surface area (Å²) in [6, 6.07) is 2.27. The minimum absolute atomic E-state index is 0.00676. The topological polar surface area (TPSA) is 59.0 Å². The Morgan fingerprint density at radius 3 is 3.24 bits per heavy atom. The van der Waals surface area contributed by atoms with Crippen LogP contribution in [-0.2, 0) is 4.79 Å². The van der Waals surface area contributed by atoms with Crippen LogP contribution in [0.2, 0.25) is 0 Å². The fraction of sp³-hybridized carbons (Fsp3) is 0.636. The van der Waals surface area contributed by atoms with Gasteiger partial charge in [-0.15, -0.1) is 0 Å². The normalized spacial score (nSPS) is 21.4. The highest BCUT2D eigenvalue weighted by Crippen LogP contribution is 2.16. The van der Waals surface area contributed by atoms with Gasteiger partial charge in [0.15, 0.2) is 5.82 Å². The van der Waals surface area contributed by atoms with Crippen LogP contribution in [-0.4, -0.2) is 40.3 Å². The smallest absolute Gasteiger partial charge is 0.238 e. The fourth-order valence-corrected chi connectivity index (χ4v) is 2.08. The molecule has 0 aliphatic carbocycles. The van der Waals surface area contributed by atoms with Crippen LogP contribution in [0.15, 0.2) is 12.3 Å². The first-order valence-corrected chi connectivity index (χ1v) is 7.09. The molecule has 0 bridgehead atoms. The molecule has 1 saturated heterocycles. The van der Waals surface area contributed by atoms with Crippen LogP contribution >= 0.6 is 11.8 Å². The highest BCUT2D eigenvalue weighted by molar-refractivity contribution is 7.99. The van der Waals surface area contributed by atoms with Crippen molar-refractivity contribution < 1.29 is 4.79 Å². The molecule has 0 spiro atoms. The molecule has 1 aromatic heterocycles. The number of thioether (sulfide) groups is 1. The maximum atomic E-state index is 11.7. The third-order valence-electron chi connectivity index (χ3n) is 2.99. The van der Waals surface area contributed by atoms with Crippen molar-refractivity contribution in [1.29, 1.82) is 0 Å². The Balaban J connectivity index is 1.96. The summed E-state index contributed by atoms with van der Waals surface area (Å²) in [5.41, 5.74) is 0. The van der Waals surface area contributed by atoms with Crippen molar-refractivity contribution in [1.82, 2.24) is 15.1 Å². The number of anilines is 1. The van der Waals surface area contributed by atoms with E-state index in [1.165, 1.54) is 11.8 Å². The van der Waals surface area contributed by atoms with Gasteiger partial charge >= 0.3 is 0 Å². The third-order valence-corrected chi connectivity index (χ3v) is 3.91. The van der Waals surface area contributed by atoms with Crippen molar-refractivity contribution in [2.24, 2.45) is 0 Å². The molecule has 0 saturated carbocycles. The van der Waals surface area contributed by atoms with Crippen molar-refractivity contribution in [2.75, 3.05) is 24.7 Å². The number of nitrogens with one attached hydrogen (secondary N) is 2. The largest absolute Gasteiger partial charge is 0.315 e. The lowest BCUT2D eigenvalue weighted by molar-refractivity contribution is -0.115. The molecule has 0 unspecified atom stereocenters. The summed E-state index contributed by atoms with van der Waals surface area (Å²) in [7, 11) is 0. The second kappa shape index (κ2) is 5.55. The van der Waals surface area contributed by atoms with Gasteiger partial charge in [-0.05, 0) is 26.1 Å². The molecule has 0 aromatic carbocycles. The van der Waals surface area contributed by atoms with Gasteiger partial charge in [-0.3, -0.25) is 9.48 Å². The average Bonchev–Trinajstić information content (AvgIpc) is 2.97. The first-order chi connectivity index (χ1) is 8.20. The summed E-state index contributed by atoms with van der Waals surface area (Å²) in [5, 5.41) is 10.5. The molecule has 1 fully saturated rings. The lowest BCUT2D eigenvalue weighted by Crippen LogP contribution is -2.22. The van der Waals surface area contributed by atoms with Gasteiger partial charge in [0.2, 0.25) is 5.91 Å². The number of hydrogen-bond acceptors (Lipinski definition) is 4. The van der Waals surface area contributed by atoms with Gasteiger partial charge in [0.1, 0.15) is 0 Å². The fourth-order valence-electron chi connectivity index (χ4n) is 1.81. The van der Waals surface area contributed by atoms with E-state index in [1.807, 2.05) is 30.1 Å². The lowest BCUT2D eigenvalue weighted by atomic mass is 10.3. The number of hydrogen-bond donors (Lipinski definition) is 2. The Bertz CT molecular complexity index is 387. The molecule has 17 heavy (non-hydrogen) atoms. The van der Waals surface area contributed by atoms with Gasteiger partial charge in [-0.1, -0.05) is 0 Å². The van der Waals surface area contributed by atoms with Crippen molar-refractivity contribution >= 4 is 23.5 Å². The number of carbonyl (C=O) groups excluding carboxylic acids is 1. The Hall–Kier alpha value is -1.01. The monoisotopic (exact) mass is 254 g/mol. The van der Waals surface area contributed by atoms with Gasteiger partial charge in [-0.25, -0.2) is 0 Å². The van der Waals surface area contributed by atoms with Crippen molar-refractivity contribution in [2.45, 2.75) is 24.6 Å². The second-order valence-corrected chi connectivity index (χ2v) is 5.37. The van der Waals surface area contributed by atoms with E-state index in [9.17, 15) is 4.79 Å². The summed E-state index contributed by atoms with van der Waals surface area (Å²) in [5.74, 6) is 0.648. The summed E-state index contributed by atoms with van der Waals surface area (Å²) in [6.45, 7) is 3.88. The SMILES string of the molecule is CS[C@@H](C)C(=O)Nc1ccn([C@@H]2CCNC2)n1. The summed E-state index contributed by atoms with van der Waals surface area (Å²) in [6.07, 6.45) is 4.94. The Labute approximate surface area is 105 Å². The van der Waals surface area contributed by atoms with Gasteiger partial charge in [-0.2, -0.15) is 16.9 Å². The van der Waals surface area contributed by atoms with E-state index in [1.54, 1.807) is 0 Å². The van der Waals surface area contributed by atoms with E-state index in [4.69, 9.17) is 0 Å². The molecule has 2 heterocycles. The van der Waals surface area contributed by atoms with Gasteiger partial charge in [0.05, 0.1) is 11.3 Å². The van der Waals surface area contributed by atoms with Crippen LogP contribution in [0.3, 0.4) is 0 Å². The third kappa shape index (κ3) is 3.01. The van der Waals surface area contributed by atoms with Crippen LogP contribution in [0.1, 0.15) is 19.4 Å². The lowest BCUT2D eigenvalue weighted by Gasteiger charge is -2.09. The first-order valence-electron chi connectivity index (χ1n) is 5.80. The zero-order valence-corrected chi connectivity index (χ0v) is 11.0. The Kier molecular flexibility index (Phi) is 4.06. The highest BCUT2D eigenvalue weighted by Gasteiger charge is 2.18. The molecule has 2 atom stereocenters. The molecular weight excluding hydrogens is 236 g/mol. The van der Waals surface area contributed by atoms with Crippen molar-refractivity contribution in [3.63, 3.8) is 0 Å². The van der Waals surface area contributed by atoms with Crippen LogP contribution in [0.5, 0.6) is 0 Å². The minimum Gasteiger partial charge on any atom is -0.315 e. The summed E-state index contributed by atoms with van der Waals surface area (Å²) >= 11 is 1.53. The molecule has 5 nitrogen and oxygen atoms in total. The van der Waals surface area contributed by atoms with Crippen LogP contribution < -0.4 is 10.6 Å². The zero-order valence-electron chi connectivity index (χ0n) is 10.1. The highest BCUT2D eigenvalue weighted by atomic mass is 32.2. The maximum absolute atomic E-state index is 11.7. The second-order valence-electron chi connectivity index (χ2n) is 4.19. The molecule has 1 amide bonds. The van der Waals surface area contributed by atoms with Crippen LogP contribution in [0, 0.1) is 0 Å². The van der Waals surface area contributed by atoms with E-state index in [0.717, 1.165) is 19.5 Å². The molecule has 2 rings (SSSR count). The average molecular weight is 254 g/mol. The number of carbonyl (C=O) groups is 1. The van der Waals surface area contributed by atoms with E-state index in [-0.39, 0.29) is 11.2 Å². The zero-order chi connectivity index (χ0) is 12.3. The van der Waals surface area contributed by atoms with E-state index < -0.39 is 0 Å². The van der Waals surface area contributed by atoms with Crippen molar-refractivity contribution in [3.8, 4) is 0 Å². The molecule has 1 aliphatic rings. The first kappa shape index (κ1) is 12.4. The van der Waals surface area contributed by atoms with E-state index in [0.29, 0.717) is 11.9 Å². The van der Waals surface area contributed by atoms with Gasteiger partial charge in [0, 0.05) is 18.8 Å². The number of aromatic nitrogens is 2. The van der Waals surface area contributed by atoms with E-state index in [2.05, 4.69) is 15.7 Å². The quantitative estimate of drug-likeness (QED) is 0.845. The van der Waals surface area contributed by atoms with Gasteiger partial charge < -0.3 is 10.6 Å². The van der Waals surface area contributed by atoms with Gasteiger partial charge in [0.25, 0.3) is 0 Å². The molecule has 1 aliphatic heterocycles. The predicted octanol–water partition coefficient (Wildman–Crippen LogP) is 1.11. The molecule has 0 radical (unpaired) electrons. The molecule has 1 aromatic rings.